The Balaban J connectivity index is 1.81. The summed E-state index contributed by atoms with van der Waals surface area (Å²) in [6.45, 7) is 2.85. The number of rotatable bonds is 9. The molecule has 2 aromatic rings. The van der Waals surface area contributed by atoms with Crippen molar-refractivity contribution >= 4 is 15.9 Å². The lowest BCUT2D eigenvalue weighted by molar-refractivity contribution is -0.123. The van der Waals surface area contributed by atoms with Crippen molar-refractivity contribution in [2.75, 3.05) is 20.3 Å². The molecule has 2 aromatic carbocycles. The molecule has 0 aromatic heterocycles. The molecule has 1 aliphatic heterocycles. The molecule has 0 bridgehead atoms. The van der Waals surface area contributed by atoms with E-state index in [1.807, 2.05) is 30.3 Å². The SMILES string of the molecule is COc1ccc(C)cc1S(=O)(=O)NC(Cc1ccccc1)C(=O)NCC1CCCO1. The molecule has 30 heavy (non-hydrogen) atoms. The number of sulfonamides is 1. The van der Waals surface area contributed by atoms with Crippen molar-refractivity contribution in [2.45, 2.75) is 43.2 Å². The van der Waals surface area contributed by atoms with Crippen molar-refractivity contribution in [2.24, 2.45) is 0 Å². The summed E-state index contributed by atoms with van der Waals surface area (Å²) < 4.78 is 39.6. The highest BCUT2D eigenvalue weighted by atomic mass is 32.2. The fourth-order valence-corrected chi connectivity index (χ4v) is 4.87. The lowest BCUT2D eigenvalue weighted by Crippen LogP contribution is -2.49. The minimum atomic E-state index is -3.99. The van der Waals surface area contributed by atoms with Gasteiger partial charge in [-0.1, -0.05) is 36.4 Å². The number of aryl methyl sites for hydroxylation is 1. The van der Waals surface area contributed by atoms with E-state index < -0.39 is 16.1 Å². The van der Waals surface area contributed by atoms with Crippen molar-refractivity contribution in [3.8, 4) is 5.75 Å². The van der Waals surface area contributed by atoms with Gasteiger partial charge < -0.3 is 14.8 Å². The number of carbonyl (C=O) groups is 1. The molecule has 0 spiro atoms. The Kier molecular flexibility index (Phi) is 7.47. The van der Waals surface area contributed by atoms with Gasteiger partial charge in [0.15, 0.2) is 0 Å². The normalized spacial score (nSPS) is 17.5. The second kappa shape index (κ2) is 10.1. The second-order valence-electron chi connectivity index (χ2n) is 7.40. The van der Waals surface area contributed by atoms with Gasteiger partial charge in [0.2, 0.25) is 15.9 Å². The van der Waals surface area contributed by atoms with Crippen LogP contribution in [0.5, 0.6) is 5.75 Å². The molecule has 1 amide bonds. The Hall–Kier alpha value is -2.42. The summed E-state index contributed by atoms with van der Waals surface area (Å²) in [7, 11) is -2.58. The quantitative estimate of drug-likeness (QED) is 0.634. The van der Waals surface area contributed by atoms with Crippen LogP contribution in [0.1, 0.15) is 24.0 Å². The fraction of sp³-hybridized carbons (Fsp3) is 0.409. The third-order valence-corrected chi connectivity index (χ3v) is 6.53. The number of methoxy groups -OCH3 is 1. The first-order valence-electron chi connectivity index (χ1n) is 9.99. The van der Waals surface area contributed by atoms with Crippen molar-refractivity contribution in [3.63, 3.8) is 0 Å². The summed E-state index contributed by atoms with van der Waals surface area (Å²) in [5.41, 5.74) is 1.63. The van der Waals surface area contributed by atoms with E-state index in [2.05, 4.69) is 10.0 Å². The minimum Gasteiger partial charge on any atom is -0.495 e. The van der Waals surface area contributed by atoms with Gasteiger partial charge in [-0.05, 0) is 49.4 Å². The van der Waals surface area contributed by atoms with Crippen molar-refractivity contribution < 1.29 is 22.7 Å². The molecular formula is C22H28N2O5S. The number of ether oxygens (including phenoxy) is 2. The summed E-state index contributed by atoms with van der Waals surface area (Å²) in [6, 6.07) is 13.3. The van der Waals surface area contributed by atoms with Gasteiger partial charge in [0.05, 0.1) is 13.2 Å². The molecule has 3 rings (SSSR count). The zero-order valence-corrected chi connectivity index (χ0v) is 18.1. The van der Waals surface area contributed by atoms with Gasteiger partial charge in [-0.3, -0.25) is 4.79 Å². The zero-order chi connectivity index (χ0) is 21.6. The molecule has 0 radical (unpaired) electrons. The average molecular weight is 433 g/mol. The summed E-state index contributed by atoms with van der Waals surface area (Å²) >= 11 is 0. The van der Waals surface area contributed by atoms with E-state index in [1.165, 1.54) is 13.2 Å². The van der Waals surface area contributed by atoms with Crippen LogP contribution in [0.4, 0.5) is 0 Å². The molecule has 7 nitrogen and oxygen atoms in total. The van der Waals surface area contributed by atoms with Gasteiger partial charge in [0.1, 0.15) is 16.7 Å². The maximum atomic E-state index is 13.1. The first-order valence-corrected chi connectivity index (χ1v) is 11.5. The Morgan fingerprint density at radius 1 is 1.23 bits per heavy atom. The first kappa shape index (κ1) is 22.3. The van der Waals surface area contributed by atoms with Gasteiger partial charge in [-0.15, -0.1) is 0 Å². The third kappa shape index (κ3) is 5.81. The van der Waals surface area contributed by atoms with Crippen LogP contribution in [0, 0.1) is 6.92 Å². The minimum absolute atomic E-state index is 0.00925. The molecule has 1 saturated heterocycles. The van der Waals surface area contributed by atoms with Crippen LogP contribution in [0.15, 0.2) is 53.4 Å². The van der Waals surface area contributed by atoms with E-state index in [-0.39, 0.29) is 29.1 Å². The largest absolute Gasteiger partial charge is 0.495 e. The van der Waals surface area contributed by atoms with Gasteiger partial charge in [-0.2, -0.15) is 4.72 Å². The summed E-state index contributed by atoms with van der Waals surface area (Å²) in [6.07, 6.45) is 2.05. The van der Waals surface area contributed by atoms with E-state index in [9.17, 15) is 13.2 Å². The molecular weight excluding hydrogens is 404 g/mol. The van der Waals surface area contributed by atoms with E-state index in [0.29, 0.717) is 13.2 Å². The number of benzene rings is 2. The molecule has 2 unspecified atom stereocenters. The third-order valence-electron chi connectivity index (χ3n) is 5.03. The fourth-order valence-electron chi connectivity index (χ4n) is 3.43. The van der Waals surface area contributed by atoms with Crippen LogP contribution < -0.4 is 14.8 Å². The van der Waals surface area contributed by atoms with E-state index >= 15 is 0 Å². The van der Waals surface area contributed by atoms with Gasteiger partial charge in [-0.25, -0.2) is 8.42 Å². The Morgan fingerprint density at radius 3 is 2.67 bits per heavy atom. The van der Waals surface area contributed by atoms with Gasteiger partial charge in [0, 0.05) is 13.2 Å². The van der Waals surface area contributed by atoms with E-state index in [4.69, 9.17) is 9.47 Å². The highest BCUT2D eigenvalue weighted by Gasteiger charge is 2.29. The van der Waals surface area contributed by atoms with Crippen LogP contribution in [-0.2, 0) is 26.0 Å². The molecule has 1 fully saturated rings. The Bertz CT molecular complexity index is 957. The number of carbonyl (C=O) groups excluding carboxylic acids is 1. The van der Waals surface area contributed by atoms with Crippen LogP contribution in [-0.4, -0.2) is 46.7 Å². The molecule has 1 heterocycles. The van der Waals surface area contributed by atoms with Crippen molar-refractivity contribution in [1.29, 1.82) is 0 Å². The van der Waals surface area contributed by atoms with Crippen molar-refractivity contribution in [3.05, 3.63) is 59.7 Å². The van der Waals surface area contributed by atoms with Crippen LogP contribution in [0.2, 0.25) is 0 Å². The molecule has 0 saturated carbocycles. The molecule has 1 aliphatic rings. The zero-order valence-electron chi connectivity index (χ0n) is 17.3. The molecule has 2 N–H and O–H groups in total. The standard InChI is InChI=1S/C22H28N2O5S/c1-16-10-11-20(28-2)21(13-16)30(26,27)24-19(14-17-7-4-3-5-8-17)22(25)23-15-18-9-6-12-29-18/h3-5,7-8,10-11,13,18-19,24H,6,9,12,14-15H2,1-2H3,(H,23,25). The Labute approximate surface area is 177 Å². The molecule has 8 heteroatoms. The van der Waals surface area contributed by atoms with Gasteiger partial charge in [0.25, 0.3) is 0 Å². The number of nitrogens with one attached hydrogen (secondary N) is 2. The maximum absolute atomic E-state index is 13.1. The number of hydrogen-bond acceptors (Lipinski definition) is 5. The second-order valence-corrected chi connectivity index (χ2v) is 9.08. The van der Waals surface area contributed by atoms with Gasteiger partial charge >= 0.3 is 0 Å². The van der Waals surface area contributed by atoms with E-state index in [1.54, 1.807) is 19.1 Å². The molecule has 0 aliphatic carbocycles. The number of hydrogen-bond donors (Lipinski definition) is 2. The molecule has 2 atom stereocenters. The lowest BCUT2D eigenvalue weighted by Gasteiger charge is -2.21. The molecule has 162 valence electrons. The highest BCUT2D eigenvalue weighted by Crippen LogP contribution is 2.25. The van der Waals surface area contributed by atoms with Crippen LogP contribution in [0.3, 0.4) is 0 Å². The maximum Gasteiger partial charge on any atom is 0.244 e. The Morgan fingerprint density at radius 2 is 2.00 bits per heavy atom. The summed E-state index contributed by atoms with van der Waals surface area (Å²) in [4.78, 5) is 12.9. The monoisotopic (exact) mass is 432 g/mol. The summed E-state index contributed by atoms with van der Waals surface area (Å²) in [5, 5.41) is 2.84. The van der Waals surface area contributed by atoms with Crippen LogP contribution >= 0.6 is 0 Å². The predicted molar refractivity (Wildman–Crippen MR) is 114 cm³/mol. The number of amides is 1. The first-order chi connectivity index (χ1) is 14.4. The van der Waals surface area contributed by atoms with Crippen molar-refractivity contribution in [1.82, 2.24) is 10.0 Å². The average Bonchev–Trinajstić information content (AvgIpc) is 3.26. The van der Waals surface area contributed by atoms with Crippen LogP contribution in [0.25, 0.3) is 0 Å². The predicted octanol–water partition coefficient (Wildman–Crippen LogP) is 2.19. The smallest absolute Gasteiger partial charge is 0.244 e. The highest BCUT2D eigenvalue weighted by molar-refractivity contribution is 7.89. The van der Waals surface area contributed by atoms with E-state index in [0.717, 1.165) is 24.0 Å². The lowest BCUT2D eigenvalue weighted by atomic mass is 10.1. The summed E-state index contributed by atoms with van der Waals surface area (Å²) in [5.74, 6) is -0.157. The topological polar surface area (TPSA) is 93.7 Å².